The van der Waals surface area contributed by atoms with Crippen LogP contribution in [-0.2, 0) is 11.3 Å². The minimum Gasteiger partial charge on any atom is -0.406 e. The van der Waals surface area contributed by atoms with E-state index in [9.17, 15) is 18.0 Å². The summed E-state index contributed by atoms with van der Waals surface area (Å²) >= 11 is 6.24. The van der Waals surface area contributed by atoms with Crippen LogP contribution in [-0.4, -0.2) is 35.7 Å². The van der Waals surface area contributed by atoms with Crippen LogP contribution >= 0.6 is 11.6 Å². The number of para-hydroxylation sites is 1. The second kappa shape index (κ2) is 8.67. The summed E-state index contributed by atoms with van der Waals surface area (Å²) in [5.74, 6) is -0.673. The zero-order valence-corrected chi connectivity index (χ0v) is 16.1. The molecular formula is C20H17ClF3N3O2. The Morgan fingerprint density at radius 1 is 1.17 bits per heavy atom. The van der Waals surface area contributed by atoms with Crippen molar-refractivity contribution in [2.24, 2.45) is 0 Å². The summed E-state index contributed by atoms with van der Waals surface area (Å²) < 4.78 is 40.3. The SMILES string of the molecule is CN(CC(=O)Nc1ccc(OC(F)(F)F)cc1)Cc1cc2ccccc2nc1Cl. The molecule has 3 rings (SSSR count). The number of hydrogen-bond acceptors (Lipinski definition) is 4. The number of benzene rings is 2. The number of pyridine rings is 1. The number of halogens is 4. The Hall–Kier alpha value is -2.84. The third-order valence-corrected chi connectivity index (χ3v) is 4.30. The van der Waals surface area contributed by atoms with Gasteiger partial charge in [-0.05, 0) is 43.4 Å². The molecule has 152 valence electrons. The number of anilines is 1. The molecule has 2 aromatic carbocycles. The number of nitrogens with zero attached hydrogens (tertiary/aromatic N) is 2. The predicted octanol–water partition coefficient (Wildman–Crippen LogP) is 4.86. The van der Waals surface area contributed by atoms with Crippen molar-refractivity contribution < 1.29 is 22.7 Å². The van der Waals surface area contributed by atoms with Crippen molar-refractivity contribution in [2.45, 2.75) is 12.9 Å². The lowest BCUT2D eigenvalue weighted by atomic mass is 10.1. The number of aromatic nitrogens is 1. The summed E-state index contributed by atoms with van der Waals surface area (Å²) in [6, 6.07) is 14.5. The van der Waals surface area contributed by atoms with E-state index in [4.69, 9.17) is 11.6 Å². The molecule has 0 fully saturated rings. The molecule has 3 aromatic rings. The Kier molecular flexibility index (Phi) is 6.24. The fourth-order valence-electron chi connectivity index (χ4n) is 2.78. The van der Waals surface area contributed by atoms with E-state index in [0.717, 1.165) is 28.6 Å². The smallest absolute Gasteiger partial charge is 0.406 e. The number of likely N-dealkylation sites (N-methyl/N-ethyl adjacent to an activating group) is 1. The molecule has 0 aliphatic heterocycles. The van der Waals surface area contributed by atoms with Gasteiger partial charge in [0.25, 0.3) is 0 Å². The van der Waals surface area contributed by atoms with E-state index in [1.165, 1.54) is 12.1 Å². The second-order valence-electron chi connectivity index (χ2n) is 6.42. The lowest BCUT2D eigenvalue weighted by molar-refractivity contribution is -0.274. The number of nitrogens with one attached hydrogen (secondary N) is 1. The van der Waals surface area contributed by atoms with Crippen molar-refractivity contribution >= 4 is 34.1 Å². The maximum atomic E-state index is 12.2. The Labute approximate surface area is 170 Å². The quantitative estimate of drug-likeness (QED) is 0.575. The standard InChI is InChI=1S/C20H17ClF3N3O2/c1-27(11-14-10-13-4-2-3-5-17(13)26-19(14)21)12-18(28)25-15-6-8-16(9-7-15)29-20(22,23)24/h2-10H,11-12H2,1H3,(H,25,28). The van der Waals surface area contributed by atoms with Gasteiger partial charge < -0.3 is 10.1 Å². The summed E-state index contributed by atoms with van der Waals surface area (Å²) in [6.07, 6.45) is -4.76. The number of fused-ring (bicyclic) bond motifs is 1. The number of carbonyl (C=O) groups excluding carboxylic acids is 1. The fraction of sp³-hybridized carbons (Fsp3) is 0.200. The number of carbonyl (C=O) groups is 1. The molecule has 1 N–H and O–H groups in total. The van der Waals surface area contributed by atoms with Gasteiger partial charge in [0.2, 0.25) is 5.91 Å². The number of alkyl halides is 3. The van der Waals surface area contributed by atoms with Crippen molar-refractivity contribution in [1.29, 1.82) is 0 Å². The van der Waals surface area contributed by atoms with E-state index in [1.54, 1.807) is 11.9 Å². The molecule has 0 aliphatic carbocycles. The summed E-state index contributed by atoms with van der Waals surface area (Å²) in [6.45, 7) is 0.465. The molecule has 0 unspecified atom stereocenters. The number of ether oxygens (including phenoxy) is 1. The monoisotopic (exact) mass is 423 g/mol. The van der Waals surface area contributed by atoms with Crippen molar-refractivity contribution in [2.75, 3.05) is 18.9 Å². The lowest BCUT2D eigenvalue weighted by Crippen LogP contribution is -2.30. The highest BCUT2D eigenvalue weighted by Gasteiger charge is 2.30. The highest BCUT2D eigenvalue weighted by molar-refractivity contribution is 6.30. The van der Waals surface area contributed by atoms with Gasteiger partial charge in [0.15, 0.2) is 0 Å². The highest BCUT2D eigenvalue weighted by atomic mass is 35.5. The molecular weight excluding hydrogens is 407 g/mol. The van der Waals surface area contributed by atoms with Crippen molar-refractivity contribution in [3.8, 4) is 5.75 Å². The molecule has 0 bridgehead atoms. The maximum Gasteiger partial charge on any atom is 0.573 e. The molecule has 1 amide bonds. The Balaban J connectivity index is 1.57. The van der Waals surface area contributed by atoms with Gasteiger partial charge in [0, 0.05) is 23.2 Å². The van der Waals surface area contributed by atoms with Gasteiger partial charge in [0.05, 0.1) is 12.1 Å². The first-order valence-electron chi connectivity index (χ1n) is 8.58. The molecule has 0 atom stereocenters. The van der Waals surface area contributed by atoms with E-state index < -0.39 is 6.36 Å². The van der Waals surface area contributed by atoms with Crippen LogP contribution in [0.1, 0.15) is 5.56 Å². The van der Waals surface area contributed by atoms with E-state index in [2.05, 4.69) is 15.0 Å². The third-order valence-electron chi connectivity index (χ3n) is 3.98. The summed E-state index contributed by atoms with van der Waals surface area (Å²) in [5.41, 5.74) is 1.94. The van der Waals surface area contributed by atoms with E-state index in [0.29, 0.717) is 17.4 Å². The van der Waals surface area contributed by atoms with Crippen molar-refractivity contribution in [1.82, 2.24) is 9.88 Å². The van der Waals surface area contributed by atoms with Gasteiger partial charge in [-0.15, -0.1) is 13.2 Å². The average Bonchev–Trinajstić information content (AvgIpc) is 2.62. The zero-order chi connectivity index (χ0) is 21.0. The van der Waals surface area contributed by atoms with Crippen LogP contribution in [0.4, 0.5) is 18.9 Å². The van der Waals surface area contributed by atoms with Crippen LogP contribution in [0.5, 0.6) is 5.75 Å². The molecule has 0 saturated heterocycles. The van der Waals surface area contributed by atoms with Gasteiger partial charge in [0.1, 0.15) is 10.9 Å². The van der Waals surface area contributed by atoms with Gasteiger partial charge in [-0.3, -0.25) is 9.69 Å². The first kappa shape index (κ1) is 20.9. The molecule has 29 heavy (non-hydrogen) atoms. The second-order valence-corrected chi connectivity index (χ2v) is 6.78. The maximum absolute atomic E-state index is 12.2. The normalized spacial score (nSPS) is 11.7. The minimum absolute atomic E-state index is 0.0595. The first-order valence-corrected chi connectivity index (χ1v) is 8.96. The third kappa shape index (κ3) is 6.07. The highest BCUT2D eigenvalue weighted by Crippen LogP contribution is 2.24. The molecule has 1 aromatic heterocycles. The van der Waals surface area contributed by atoms with E-state index >= 15 is 0 Å². The minimum atomic E-state index is -4.76. The summed E-state index contributed by atoms with van der Waals surface area (Å²) in [5, 5.41) is 3.95. The molecule has 0 radical (unpaired) electrons. The average molecular weight is 424 g/mol. The van der Waals surface area contributed by atoms with Crippen LogP contribution < -0.4 is 10.1 Å². The Morgan fingerprint density at radius 2 is 1.86 bits per heavy atom. The molecule has 1 heterocycles. The van der Waals surface area contributed by atoms with Crippen molar-refractivity contribution in [3.05, 3.63) is 65.3 Å². The lowest BCUT2D eigenvalue weighted by Gasteiger charge is -2.17. The van der Waals surface area contributed by atoms with Crippen LogP contribution in [0.25, 0.3) is 10.9 Å². The predicted molar refractivity (Wildman–Crippen MR) is 105 cm³/mol. The first-order chi connectivity index (χ1) is 13.7. The molecule has 5 nitrogen and oxygen atoms in total. The number of rotatable bonds is 6. The number of amides is 1. The molecule has 0 aliphatic rings. The summed E-state index contributed by atoms with van der Waals surface area (Å²) in [4.78, 5) is 18.3. The van der Waals surface area contributed by atoms with E-state index in [1.807, 2.05) is 30.3 Å². The van der Waals surface area contributed by atoms with E-state index in [-0.39, 0.29) is 18.2 Å². The van der Waals surface area contributed by atoms with Crippen LogP contribution in [0.2, 0.25) is 5.15 Å². The van der Waals surface area contributed by atoms with Gasteiger partial charge >= 0.3 is 6.36 Å². The van der Waals surface area contributed by atoms with Gasteiger partial charge in [-0.25, -0.2) is 4.98 Å². The van der Waals surface area contributed by atoms with Crippen LogP contribution in [0, 0.1) is 0 Å². The Bertz CT molecular complexity index is 1010. The molecule has 0 spiro atoms. The van der Waals surface area contributed by atoms with Gasteiger partial charge in [-0.2, -0.15) is 0 Å². The zero-order valence-electron chi connectivity index (χ0n) is 15.3. The molecule has 0 saturated carbocycles. The van der Waals surface area contributed by atoms with Crippen molar-refractivity contribution in [3.63, 3.8) is 0 Å². The largest absolute Gasteiger partial charge is 0.573 e. The number of hydrogen-bond donors (Lipinski definition) is 1. The van der Waals surface area contributed by atoms with Crippen LogP contribution in [0.15, 0.2) is 54.6 Å². The van der Waals surface area contributed by atoms with Crippen LogP contribution in [0.3, 0.4) is 0 Å². The summed E-state index contributed by atoms with van der Waals surface area (Å²) in [7, 11) is 1.76. The van der Waals surface area contributed by atoms with Gasteiger partial charge in [-0.1, -0.05) is 29.8 Å². The topological polar surface area (TPSA) is 54.5 Å². The Morgan fingerprint density at radius 3 is 2.55 bits per heavy atom. The fourth-order valence-corrected chi connectivity index (χ4v) is 2.98. The molecule has 9 heteroatoms.